The molecule has 1 heterocycles. The van der Waals surface area contributed by atoms with Crippen LogP contribution >= 0.6 is 23.2 Å². The minimum atomic E-state index is 0.252. The van der Waals surface area contributed by atoms with E-state index in [2.05, 4.69) is 29.1 Å². The van der Waals surface area contributed by atoms with Gasteiger partial charge >= 0.3 is 0 Å². The predicted octanol–water partition coefficient (Wildman–Crippen LogP) is 4.36. The zero-order valence-electron chi connectivity index (χ0n) is 14.9. The number of nitrogens with two attached hydrogens (primary N) is 1. The fraction of sp³-hybridized carbons (Fsp3) is 0.333. The average Bonchev–Trinajstić information content (AvgIpc) is 2.59. The first kappa shape index (κ1) is 20.1. The van der Waals surface area contributed by atoms with Crippen LogP contribution in [0.1, 0.15) is 19.4 Å². The fourth-order valence-corrected chi connectivity index (χ4v) is 2.51. The summed E-state index contributed by atoms with van der Waals surface area (Å²) in [6.07, 6.45) is 1.67. The van der Waals surface area contributed by atoms with Crippen molar-refractivity contribution in [3.05, 3.63) is 46.1 Å². The van der Waals surface area contributed by atoms with Crippen LogP contribution in [0, 0.1) is 5.92 Å². The number of guanidine groups is 1. The predicted molar refractivity (Wildman–Crippen MR) is 107 cm³/mol. The number of ether oxygens (including phenoxy) is 2. The van der Waals surface area contributed by atoms with Gasteiger partial charge in [0.25, 0.3) is 0 Å². The van der Waals surface area contributed by atoms with E-state index in [1.165, 1.54) is 0 Å². The lowest BCUT2D eigenvalue weighted by Crippen LogP contribution is -2.22. The van der Waals surface area contributed by atoms with E-state index in [1.807, 2.05) is 0 Å². The maximum atomic E-state index is 6.19. The first-order chi connectivity index (χ1) is 12.4. The van der Waals surface area contributed by atoms with E-state index in [0.717, 1.165) is 5.56 Å². The minimum absolute atomic E-state index is 0.252. The number of anilines is 1. The molecule has 0 aliphatic heterocycles. The Morgan fingerprint density at radius 3 is 2.65 bits per heavy atom. The summed E-state index contributed by atoms with van der Waals surface area (Å²) >= 11 is 12.3. The summed E-state index contributed by atoms with van der Waals surface area (Å²) in [5.41, 5.74) is 7.45. The molecular weight excluding hydrogens is 375 g/mol. The second-order valence-corrected chi connectivity index (χ2v) is 6.83. The quantitative estimate of drug-likeness (QED) is 0.536. The van der Waals surface area contributed by atoms with Crippen LogP contribution in [-0.2, 0) is 6.54 Å². The van der Waals surface area contributed by atoms with Crippen LogP contribution in [0.2, 0.25) is 10.0 Å². The Bertz CT molecular complexity index is 782. The lowest BCUT2D eigenvalue weighted by molar-refractivity contribution is 0.261. The first-order valence-electron chi connectivity index (χ1n) is 8.06. The van der Waals surface area contributed by atoms with Gasteiger partial charge in [0.2, 0.25) is 5.88 Å². The number of nitrogens with zero attached hydrogens (tertiary/aromatic N) is 2. The number of hydrogen-bond donors (Lipinski definition) is 2. The zero-order chi connectivity index (χ0) is 19.1. The van der Waals surface area contributed by atoms with E-state index < -0.39 is 0 Å². The minimum Gasteiger partial charge on any atom is -0.495 e. The number of methoxy groups -OCH3 is 1. The largest absolute Gasteiger partial charge is 0.495 e. The Kier molecular flexibility index (Phi) is 7.36. The highest BCUT2D eigenvalue weighted by Crippen LogP contribution is 2.27. The molecule has 2 rings (SSSR count). The maximum absolute atomic E-state index is 6.19. The van der Waals surface area contributed by atoms with E-state index in [4.69, 9.17) is 38.4 Å². The van der Waals surface area contributed by atoms with Crippen molar-refractivity contribution in [2.75, 3.05) is 19.0 Å². The van der Waals surface area contributed by atoms with Gasteiger partial charge in [-0.25, -0.2) is 9.98 Å². The monoisotopic (exact) mass is 396 g/mol. The number of pyridine rings is 1. The molecule has 1 aromatic heterocycles. The van der Waals surface area contributed by atoms with Crippen LogP contribution in [0.4, 0.5) is 5.69 Å². The number of aromatic nitrogens is 1. The van der Waals surface area contributed by atoms with Crippen molar-refractivity contribution < 1.29 is 9.47 Å². The van der Waals surface area contributed by atoms with Crippen LogP contribution < -0.4 is 20.5 Å². The van der Waals surface area contributed by atoms with Crippen molar-refractivity contribution in [1.82, 2.24) is 4.98 Å². The summed E-state index contributed by atoms with van der Waals surface area (Å²) in [4.78, 5) is 8.50. The summed E-state index contributed by atoms with van der Waals surface area (Å²) in [6, 6.07) is 7.02. The van der Waals surface area contributed by atoms with E-state index >= 15 is 0 Å². The van der Waals surface area contributed by atoms with Crippen molar-refractivity contribution in [3.63, 3.8) is 0 Å². The molecule has 0 unspecified atom stereocenters. The van der Waals surface area contributed by atoms with Crippen molar-refractivity contribution >= 4 is 34.8 Å². The molecule has 0 saturated carbocycles. The van der Waals surface area contributed by atoms with Gasteiger partial charge in [0, 0.05) is 11.9 Å². The van der Waals surface area contributed by atoms with Gasteiger partial charge in [-0.3, -0.25) is 0 Å². The molecule has 1 aromatic carbocycles. The van der Waals surface area contributed by atoms with E-state index in [0.29, 0.717) is 46.4 Å². The summed E-state index contributed by atoms with van der Waals surface area (Å²) < 4.78 is 10.7. The SMILES string of the molecule is COc1ccc(NC(N)=NCc2cnc(OCC(C)C)c(Cl)c2)cc1Cl. The van der Waals surface area contributed by atoms with Gasteiger partial charge in [-0.1, -0.05) is 37.0 Å². The molecule has 0 radical (unpaired) electrons. The normalized spacial score (nSPS) is 11.5. The third kappa shape index (κ3) is 5.97. The number of nitrogens with one attached hydrogen (secondary N) is 1. The average molecular weight is 397 g/mol. The van der Waals surface area contributed by atoms with Crippen LogP contribution in [0.15, 0.2) is 35.5 Å². The molecule has 0 aliphatic carbocycles. The highest BCUT2D eigenvalue weighted by molar-refractivity contribution is 6.32. The highest BCUT2D eigenvalue weighted by atomic mass is 35.5. The highest BCUT2D eigenvalue weighted by Gasteiger charge is 2.07. The summed E-state index contributed by atoms with van der Waals surface area (Å²) in [6.45, 7) is 5.01. The molecule has 140 valence electrons. The smallest absolute Gasteiger partial charge is 0.232 e. The number of hydrogen-bond acceptors (Lipinski definition) is 4. The van der Waals surface area contributed by atoms with Gasteiger partial charge in [0.1, 0.15) is 10.8 Å². The van der Waals surface area contributed by atoms with E-state index in [9.17, 15) is 0 Å². The molecule has 0 atom stereocenters. The lowest BCUT2D eigenvalue weighted by Gasteiger charge is -2.10. The fourth-order valence-electron chi connectivity index (χ4n) is 2.01. The second kappa shape index (κ2) is 9.50. The van der Waals surface area contributed by atoms with Gasteiger partial charge in [0.15, 0.2) is 5.96 Å². The van der Waals surface area contributed by atoms with Gasteiger partial charge in [0.05, 0.1) is 25.3 Å². The Morgan fingerprint density at radius 1 is 1.27 bits per heavy atom. The van der Waals surface area contributed by atoms with Gasteiger partial charge < -0.3 is 20.5 Å². The lowest BCUT2D eigenvalue weighted by atomic mass is 10.2. The Morgan fingerprint density at radius 2 is 2.04 bits per heavy atom. The molecular formula is C18H22Cl2N4O2. The maximum Gasteiger partial charge on any atom is 0.232 e. The van der Waals surface area contributed by atoms with E-state index in [1.54, 1.807) is 37.6 Å². The van der Waals surface area contributed by atoms with Crippen LogP contribution in [-0.4, -0.2) is 24.7 Å². The van der Waals surface area contributed by atoms with Gasteiger partial charge in [-0.15, -0.1) is 0 Å². The Hall–Kier alpha value is -2.18. The molecule has 26 heavy (non-hydrogen) atoms. The topological polar surface area (TPSA) is 81.8 Å². The molecule has 3 N–H and O–H groups in total. The number of rotatable bonds is 7. The zero-order valence-corrected chi connectivity index (χ0v) is 16.4. The summed E-state index contributed by atoms with van der Waals surface area (Å²) in [7, 11) is 1.56. The first-order valence-corrected chi connectivity index (χ1v) is 8.82. The summed E-state index contributed by atoms with van der Waals surface area (Å²) in [5.74, 6) is 1.66. The molecule has 2 aromatic rings. The third-order valence-electron chi connectivity index (χ3n) is 3.27. The second-order valence-electron chi connectivity index (χ2n) is 6.01. The molecule has 0 fully saturated rings. The molecule has 0 amide bonds. The Balaban J connectivity index is 1.97. The van der Waals surface area contributed by atoms with Crippen molar-refractivity contribution in [2.45, 2.75) is 20.4 Å². The molecule has 6 nitrogen and oxygen atoms in total. The molecule has 0 spiro atoms. The number of benzene rings is 1. The van der Waals surface area contributed by atoms with Crippen molar-refractivity contribution in [1.29, 1.82) is 0 Å². The summed E-state index contributed by atoms with van der Waals surface area (Å²) in [5, 5.41) is 3.91. The van der Waals surface area contributed by atoms with Crippen LogP contribution in [0.3, 0.4) is 0 Å². The molecule has 0 aliphatic rings. The molecule has 0 bridgehead atoms. The van der Waals surface area contributed by atoms with Crippen molar-refractivity contribution in [3.8, 4) is 11.6 Å². The standard InChI is InChI=1S/C18H22Cl2N4O2/c1-11(2)10-26-17-15(20)6-12(8-22-17)9-23-18(21)24-13-4-5-16(25-3)14(19)7-13/h4-8,11H,9-10H2,1-3H3,(H3,21,23,24). The van der Waals surface area contributed by atoms with Crippen molar-refractivity contribution in [2.24, 2.45) is 16.6 Å². The van der Waals surface area contributed by atoms with E-state index in [-0.39, 0.29) is 5.96 Å². The molecule has 8 heteroatoms. The van der Waals surface area contributed by atoms with Gasteiger partial charge in [-0.05, 0) is 35.7 Å². The Labute approximate surface area is 163 Å². The van der Waals surface area contributed by atoms with Gasteiger partial charge in [-0.2, -0.15) is 0 Å². The van der Waals surface area contributed by atoms with Crippen LogP contribution in [0.5, 0.6) is 11.6 Å². The third-order valence-corrected chi connectivity index (χ3v) is 3.84. The molecule has 0 saturated heterocycles. The number of halogens is 2. The van der Waals surface area contributed by atoms with Crippen LogP contribution in [0.25, 0.3) is 0 Å². The number of aliphatic imine (C=N–C) groups is 1.